The minimum Gasteiger partial charge on any atom is -0.508 e. The molecule has 1 aromatic carbocycles. The molecule has 0 unspecified atom stereocenters. The molecule has 3 amide bonds. The molecule has 1 heterocycles. The van der Waals surface area contributed by atoms with Crippen molar-refractivity contribution in [1.29, 1.82) is 0 Å². The predicted molar refractivity (Wildman–Crippen MR) is 100 cm³/mol. The second-order valence-electron chi connectivity index (χ2n) is 6.08. The molecule has 0 aromatic heterocycles. The summed E-state index contributed by atoms with van der Waals surface area (Å²) in [6.45, 7) is 0.756. The molecule has 0 aliphatic carbocycles. The Hall–Kier alpha value is -3.19. The minimum atomic E-state index is -1.55. The van der Waals surface area contributed by atoms with Crippen LogP contribution in [0.1, 0.15) is 21.5 Å². The lowest BCUT2D eigenvalue weighted by atomic mass is 10.0. The number of nitrogens with one attached hydrogen (secondary N) is 3. The van der Waals surface area contributed by atoms with Crippen LogP contribution in [0.3, 0.4) is 0 Å². The van der Waals surface area contributed by atoms with Crippen LogP contribution < -0.4 is 21.9 Å². The molecule has 158 valence electrons. The number of fused-ring (bicyclic) bond motifs is 1. The average molecular weight is 428 g/mol. The maximum atomic E-state index is 12.6. The van der Waals surface area contributed by atoms with Crippen LogP contribution in [0.2, 0.25) is 0 Å². The molecular formula is C16H20N4O8S. The number of carbonyl (C=O) groups excluding carboxylic acids is 3. The molecule has 2 rings (SSSR count). The van der Waals surface area contributed by atoms with Crippen molar-refractivity contribution in [2.45, 2.75) is 24.8 Å². The second kappa shape index (κ2) is 9.34. The number of esters is 1. The highest BCUT2D eigenvalue weighted by atomic mass is 32.2. The highest BCUT2D eigenvalue weighted by Crippen LogP contribution is 2.35. The lowest BCUT2D eigenvalue weighted by Gasteiger charge is -2.23. The number of hydrazine groups is 1. The molecule has 12 nitrogen and oxygen atoms in total. The summed E-state index contributed by atoms with van der Waals surface area (Å²) < 4.78 is 5.06. The van der Waals surface area contributed by atoms with Crippen molar-refractivity contribution in [3.8, 4) is 11.5 Å². The Kier molecular flexibility index (Phi) is 7.12. The van der Waals surface area contributed by atoms with Crippen molar-refractivity contribution in [3.63, 3.8) is 0 Å². The minimum absolute atomic E-state index is 0.00240. The summed E-state index contributed by atoms with van der Waals surface area (Å²) >= 11 is 1.09. The zero-order valence-electron chi connectivity index (χ0n) is 15.2. The van der Waals surface area contributed by atoms with Gasteiger partial charge in [-0.05, 0) is 6.92 Å². The molecule has 0 bridgehead atoms. The summed E-state index contributed by atoms with van der Waals surface area (Å²) in [6, 6.07) is -1.55. The first-order valence-electron chi connectivity index (χ1n) is 8.25. The van der Waals surface area contributed by atoms with Crippen LogP contribution in [0, 0.1) is 6.92 Å². The van der Waals surface area contributed by atoms with E-state index in [0.29, 0.717) is 0 Å². The first-order chi connectivity index (χ1) is 13.6. The molecule has 2 atom stereocenters. The Balaban J connectivity index is 2.46. The molecule has 0 saturated carbocycles. The highest BCUT2D eigenvalue weighted by molar-refractivity contribution is 7.98. The van der Waals surface area contributed by atoms with Gasteiger partial charge >= 0.3 is 12.1 Å². The van der Waals surface area contributed by atoms with Gasteiger partial charge in [-0.3, -0.25) is 15.0 Å². The molecule has 1 aromatic rings. The van der Waals surface area contributed by atoms with Gasteiger partial charge in [-0.15, -0.1) is 0 Å². The second-order valence-corrected chi connectivity index (χ2v) is 7.11. The molecule has 29 heavy (non-hydrogen) atoms. The van der Waals surface area contributed by atoms with Gasteiger partial charge in [0.15, 0.2) is 0 Å². The summed E-state index contributed by atoms with van der Waals surface area (Å²) in [7, 11) is 0. The third-order valence-corrected chi connectivity index (χ3v) is 5.21. The summed E-state index contributed by atoms with van der Waals surface area (Å²) in [4.78, 5) is 47.9. The lowest BCUT2D eigenvalue weighted by molar-refractivity contribution is -0.130. The molecule has 8 N–H and O–H groups in total. The van der Waals surface area contributed by atoms with Gasteiger partial charge in [-0.2, -0.15) is 11.8 Å². The van der Waals surface area contributed by atoms with Crippen molar-refractivity contribution in [1.82, 2.24) is 16.1 Å². The molecule has 0 saturated heterocycles. The normalized spacial score (nSPS) is 20.2. The third-order valence-electron chi connectivity index (χ3n) is 4.15. The van der Waals surface area contributed by atoms with E-state index in [4.69, 9.17) is 15.7 Å². The molecular weight excluding hydrogens is 408 g/mol. The summed E-state index contributed by atoms with van der Waals surface area (Å²) in [6.07, 6.45) is -1.55. The largest absolute Gasteiger partial charge is 0.508 e. The fraction of sp³-hybridized carbons (Fsp3) is 0.375. The van der Waals surface area contributed by atoms with Crippen LogP contribution in [0.25, 0.3) is 0 Å². The first kappa shape index (κ1) is 22.1. The van der Waals surface area contributed by atoms with Gasteiger partial charge in [0.2, 0.25) is 5.91 Å². The molecule has 0 fully saturated rings. The standard InChI is InChI=1S/C16H20N4O8S/c1-6-10(21)2-11(22)7-4-29-5-9(14(24)20-17)18-13(23)8(19-16(26)27)3-28-15(25)12(6)7/h2,8-9,19,21-22H,3-5,17H2,1H3,(H,18,23)(H,20,24)(H,26,27)/t8-,9-/m0/s1. The Morgan fingerprint density at radius 2 is 2.00 bits per heavy atom. The topological polar surface area (TPSA) is 200 Å². The lowest BCUT2D eigenvalue weighted by Crippen LogP contribution is -2.56. The van der Waals surface area contributed by atoms with E-state index in [1.165, 1.54) is 6.92 Å². The summed E-state index contributed by atoms with van der Waals surface area (Å²) in [5.74, 6) is 1.92. The number of benzene rings is 1. The van der Waals surface area contributed by atoms with Crippen molar-refractivity contribution >= 4 is 35.6 Å². The Morgan fingerprint density at radius 3 is 2.62 bits per heavy atom. The van der Waals surface area contributed by atoms with E-state index < -0.39 is 42.6 Å². The molecule has 0 spiro atoms. The smallest absolute Gasteiger partial charge is 0.405 e. The van der Waals surface area contributed by atoms with Crippen LogP contribution in [-0.4, -0.2) is 63.6 Å². The number of cyclic esters (lactones) is 1. The van der Waals surface area contributed by atoms with Gasteiger partial charge in [-0.1, -0.05) is 0 Å². The van der Waals surface area contributed by atoms with Crippen LogP contribution in [-0.2, 0) is 20.1 Å². The van der Waals surface area contributed by atoms with Gasteiger partial charge in [0, 0.05) is 28.7 Å². The van der Waals surface area contributed by atoms with Gasteiger partial charge in [0.05, 0.1) is 5.56 Å². The van der Waals surface area contributed by atoms with Crippen molar-refractivity contribution in [3.05, 3.63) is 22.8 Å². The van der Waals surface area contributed by atoms with Crippen LogP contribution in [0.4, 0.5) is 4.79 Å². The van der Waals surface area contributed by atoms with Crippen LogP contribution in [0.5, 0.6) is 11.5 Å². The van der Waals surface area contributed by atoms with Crippen molar-refractivity contribution in [2.24, 2.45) is 5.84 Å². The molecule has 1 aliphatic heterocycles. The first-order valence-corrected chi connectivity index (χ1v) is 9.40. The molecule has 0 radical (unpaired) electrons. The number of carboxylic acid groups (broad SMARTS) is 1. The van der Waals surface area contributed by atoms with E-state index in [2.05, 4.69) is 5.32 Å². The monoisotopic (exact) mass is 428 g/mol. The van der Waals surface area contributed by atoms with E-state index >= 15 is 0 Å². The number of nitrogens with two attached hydrogens (primary N) is 1. The maximum Gasteiger partial charge on any atom is 0.405 e. The number of rotatable bonds is 2. The number of aromatic hydroxyl groups is 2. The Morgan fingerprint density at radius 1 is 1.31 bits per heavy atom. The Bertz CT molecular complexity index is 847. The Labute approximate surface area is 168 Å². The van der Waals surface area contributed by atoms with E-state index in [-0.39, 0.29) is 39.7 Å². The average Bonchev–Trinajstić information content (AvgIpc) is 2.66. The van der Waals surface area contributed by atoms with E-state index in [1.807, 2.05) is 10.7 Å². The highest BCUT2D eigenvalue weighted by Gasteiger charge is 2.30. The summed E-state index contributed by atoms with van der Waals surface area (Å²) in [5.41, 5.74) is 2.11. The van der Waals surface area contributed by atoms with E-state index in [9.17, 15) is 29.4 Å². The predicted octanol–water partition coefficient (Wildman–Crippen LogP) is -1.08. The molecule has 1 aliphatic rings. The van der Waals surface area contributed by atoms with Crippen LogP contribution in [0.15, 0.2) is 6.07 Å². The summed E-state index contributed by atoms with van der Waals surface area (Å²) in [5, 5.41) is 33.3. The van der Waals surface area contributed by atoms with E-state index in [1.54, 1.807) is 0 Å². The fourth-order valence-corrected chi connectivity index (χ4v) is 3.71. The fourth-order valence-electron chi connectivity index (χ4n) is 2.63. The van der Waals surface area contributed by atoms with Gasteiger partial charge in [-0.25, -0.2) is 15.4 Å². The number of amides is 3. The quantitative estimate of drug-likeness (QED) is 0.131. The number of carbonyl (C=O) groups is 4. The zero-order chi connectivity index (χ0) is 21.7. The zero-order valence-corrected chi connectivity index (χ0v) is 16.0. The number of thioether (sulfide) groups is 1. The number of phenolic OH excluding ortho intramolecular Hbond substituents is 2. The van der Waals surface area contributed by atoms with Crippen molar-refractivity contribution in [2.75, 3.05) is 12.4 Å². The SMILES string of the molecule is Cc1c(O)cc(O)c2c1C(=O)OC[C@H](NC(=O)O)C(=O)N[C@H](C(=O)NN)CSC2. The third kappa shape index (κ3) is 5.20. The number of hydrogen-bond donors (Lipinski definition) is 7. The number of phenols is 2. The van der Waals surface area contributed by atoms with Gasteiger partial charge in [0.1, 0.15) is 30.2 Å². The number of hydrogen-bond acceptors (Lipinski definition) is 9. The van der Waals surface area contributed by atoms with Gasteiger partial charge in [0.25, 0.3) is 5.91 Å². The van der Waals surface area contributed by atoms with E-state index in [0.717, 1.165) is 17.8 Å². The van der Waals surface area contributed by atoms with Crippen molar-refractivity contribution < 1.29 is 39.2 Å². The van der Waals surface area contributed by atoms with Gasteiger partial charge < -0.3 is 30.7 Å². The maximum absolute atomic E-state index is 12.6. The van der Waals surface area contributed by atoms with Crippen LogP contribution >= 0.6 is 11.8 Å². The number of ether oxygens (including phenoxy) is 1. The molecule has 13 heteroatoms.